The highest BCUT2D eigenvalue weighted by atomic mass is 16.5. The average molecular weight is 506 g/mol. The summed E-state index contributed by atoms with van der Waals surface area (Å²) >= 11 is 0. The van der Waals surface area contributed by atoms with Crippen molar-refractivity contribution < 1.29 is 23.9 Å². The zero-order valence-corrected chi connectivity index (χ0v) is 21.6. The fraction of sp³-hybridized carbons (Fsp3) is 0.483. The molecule has 8 heteroatoms. The Balaban J connectivity index is 1.24. The maximum Gasteiger partial charge on any atom is 0.255 e. The fourth-order valence-corrected chi connectivity index (χ4v) is 5.51. The van der Waals surface area contributed by atoms with E-state index in [0.29, 0.717) is 55.8 Å². The van der Waals surface area contributed by atoms with Crippen molar-refractivity contribution in [2.24, 2.45) is 0 Å². The molecule has 5 rings (SSSR count). The second-order valence-corrected chi connectivity index (χ2v) is 10.4. The second kappa shape index (κ2) is 11.0. The van der Waals surface area contributed by atoms with Gasteiger partial charge in [-0.15, -0.1) is 0 Å². The van der Waals surface area contributed by atoms with Crippen molar-refractivity contribution >= 4 is 17.7 Å². The minimum absolute atomic E-state index is 0.190. The Morgan fingerprint density at radius 3 is 2.46 bits per heavy atom. The highest BCUT2D eigenvalue weighted by Gasteiger charge is 2.38. The Hall–Kier alpha value is -3.23. The number of hydrogen-bond acceptors (Lipinski definition) is 6. The van der Waals surface area contributed by atoms with Gasteiger partial charge < -0.3 is 14.4 Å². The van der Waals surface area contributed by atoms with Crippen molar-refractivity contribution in [2.75, 3.05) is 13.2 Å². The summed E-state index contributed by atoms with van der Waals surface area (Å²) in [5, 5.41) is 2.44. The zero-order chi connectivity index (χ0) is 25.9. The van der Waals surface area contributed by atoms with Crippen LogP contribution in [0.25, 0.3) is 0 Å². The van der Waals surface area contributed by atoms with Crippen LogP contribution in [0.2, 0.25) is 0 Å². The number of carbonyl (C=O) groups excluding carboxylic acids is 3. The normalized spacial score (nSPS) is 24.9. The quantitative estimate of drug-likeness (QED) is 0.606. The largest absolute Gasteiger partial charge is 0.489 e. The Bertz CT molecular complexity index is 1150. The Kier molecular flexibility index (Phi) is 7.58. The van der Waals surface area contributed by atoms with Gasteiger partial charge in [-0.3, -0.25) is 24.6 Å². The SMILES string of the molecule is C[C@@H]1COC[C@H](C)N1Cc1ccc(COc2cccc3c2CN(C2CCCCC(=O)NC2=O)C3=O)cc1. The van der Waals surface area contributed by atoms with Gasteiger partial charge in [-0.05, 0) is 49.9 Å². The van der Waals surface area contributed by atoms with E-state index >= 15 is 0 Å². The maximum absolute atomic E-state index is 13.2. The van der Waals surface area contributed by atoms with Gasteiger partial charge in [0.15, 0.2) is 0 Å². The van der Waals surface area contributed by atoms with Crippen molar-refractivity contribution in [3.05, 3.63) is 64.7 Å². The number of hydrogen-bond donors (Lipinski definition) is 1. The number of ether oxygens (including phenoxy) is 2. The third-order valence-corrected chi connectivity index (χ3v) is 7.66. The Labute approximate surface area is 217 Å². The van der Waals surface area contributed by atoms with E-state index in [1.165, 1.54) is 5.56 Å². The summed E-state index contributed by atoms with van der Waals surface area (Å²) in [5.74, 6) is -0.211. The predicted octanol–water partition coefficient (Wildman–Crippen LogP) is 3.42. The summed E-state index contributed by atoms with van der Waals surface area (Å²) in [5.41, 5.74) is 3.65. The van der Waals surface area contributed by atoms with Crippen LogP contribution in [0.15, 0.2) is 42.5 Å². The number of nitrogens with zero attached hydrogens (tertiary/aromatic N) is 2. The Morgan fingerprint density at radius 1 is 0.973 bits per heavy atom. The maximum atomic E-state index is 13.2. The van der Waals surface area contributed by atoms with Crippen LogP contribution in [-0.2, 0) is 34.0 Å². The molecule has 1 N–H and O–H groups in total. The minimum Gasteiger partial charge on any atom is -0.489 e. The van der Waals surface area contributed by atoms with E-state index in [9.17, 15) is 14.4 Å². The van der Waals surface area contributed by atoms with E-state index in [1.807, 2.05) is 12.1 Å². The van der Waals surface area contributed by atoms with Crippen molar-refractivity contribution in [2.45, 2.75) is 77.4 Å². The van der Waals surface area contributed by atoms with Crippen LogP contribution in [0.5, 0.6) is 5.75 Å². The molecule has 1 unspecified atom stereocenters. The number of imide groups is 1. The van der Waals surface area contributed by atoms with Crippen molar-refractivity contribution in [1.29, 1.82) is 0 Å². The van der Waals surface area contributed by atoms with Gasteiger partial charge in [0.05, 0.1) is 19.8 Å². The van der Waals surface area contributed by atoms with E-state index in [0.717, 1.165) is 37.3 Å². The first kappa shape index (κ1) is 25.4. The van der Waals surface area contributed by atoms with Crippen LogP contribution >= 0.6 is 0 Å². The minimum atomic E-state index is -0.651. The van der Waals surface area contributed by atoms with Crippen LogP contribution in [0.4, 0.5) is 0 Å². The van der Waals surface area contributed by atoms with Gasteiger partial charge in [-0.25, -0.2) is 0 Å². The first-order valence-corrected chi connectivity index (χ1v) is 13.2. The fourth-order valence-electron chi connectivity index (χ4n) is 5.51. The molecule has 2 aromatic rings. The van der Waals surface area contributed by atoms with Gasteiger partial charge in [0, 0.05) is 36.2 Å². The molecule has 3 heterocycles. The molecule has 2 aromatic carbocycles. The van der Waals surface area contributed by atoms with Gasteiger partial charge in [0.25, 0.3) is 5.91 Å². The van der Waals surface area contributed by atoms with Crippen molar-refractivity contribution in [3.8, 4) is 5.75 Å². The summed E-state index contributed by atoms with van der Waals surface area (Å²) in [4.78, 5) is 41.8. The Morgan fingerprint density at radius 2 is 1.70 bits per heavy atom. The van der Waals surface area contributed by atoms with Crippen LogP contribution < -0.4 is 10.1 Å². The van der Waals surface area contributed by atoms with E-state index in [1.54, 1.807) is 11.0 Å². The predicted molar refractivity (Wildman–Crippen MR) is 138 cm³/mol. The van der Waals surface area contributed by atoms with Gasteiger partial charge >= 0.3 is 0 Å². The van der Waals surface area contributed by atoms with Gasteiger partial charge in [-0.2, -0.15) is 0 Å². The second-order valence-electron chi connectivity index (χ2n) is 10.4. The number of nitrogens with one attached hydrogen (secondary N) is 1. The third kappa shape index (κ3) is 5.55. The highest BCUT2D eigenvalue weighted by Crippen LogP contribution is 2.34. The molecule has 0 saturated carbocycles. The lowest BCUT2D eigenvalue weighted by atomic mass is 10.0. The molecule has 3 aliphatic heterocycles. The van der Waals surface area contributed by atoms with E-state index in [4.69, 9.17) is 9.47 Å². The third-order valence-electron chi connectivity index (χ3n) is 7.66. The number of carbonyl (C=O) groups is 3. The van der Waals surface area contributed by atoms with E-state index < -0.39 is 11.9 Å². The number of benzene rings is 2. The molecule has 0 aromatic heterocycles. The number of fused-ring (bicyclic) bond motifs is 1. The topological polar surface area (TPSA) is 88.2 Å². The van der Waals surface area contributed by atoms with Gasteiger partial charge in [0.2, 0.25) is 11.8 Å². The summed E-state index contributed by atoms with van der Waals surface area (Å²) in [7, 11) is 0. The lowest BCUT2D eigenvalue weighted by Gasteiger charge is -2.38. The number of morpholine rings is 1. The highest BCUT2D eigenvalue weighted by molar-refractivity contribution is 6.04. The molecule has 3 aliphatic rings. The van der Waals surface area contributed by atoms with Gasteiger partial charge in [-0.1, -0.05) is 36.8 Å². The molecule has 2 fully saturated rings. The summed E-state index contributed by atoms with van der Waals surface area (Å²) in [6.07, 6.45) is 2.33. The molecular weight excluding hydrogens is 470 g/mol. The van der Waals surface area contributed by atoms with E-state index in [2.05, 4.69) is 48.3 Å². The molecule has 37 heavy (non-hydrogen) atoms. The van der Waals surface area contributed by atoms with E-state index in [-0.39, 0.29) is 11.8 Å². The summed E-state index contributed by atoms with van der Waals surface area (Å²) < 4.78 is 11.8. The molecule has 3 amide bonds. The van der Waals surface area contributed by atoms with Crippen LogP contribution in [0.1, 0.15) is 66.6 Å². The molecule has 0 radical (unpaired) electrons. The first-order chi connectivity index (χ1) is 17.9. The molecule has 0 aliphatic carbocycles. The van der Waals surface area contributed by atoms with Crippen LogP contribution in [0, 0.1) is 0 Å². The standard InChI is InChI=1S/C29H35N3O5/c1-19-16-36-17-20(2)31(19)14-21-10-12-22(13-11-21)18-37-26-8-5-6-23-24(26)15-32(29(23)35)25-7-3-4-9-27(33)30-28(25)34/h5-6,8,10-13,19-20,25H,3-4,7,9,14-18H2,1-2H3,(H,30,33,34)/t19-,20+,25?. The number of amides is 3. The van der Waals surface area contributed by atoms with Crippen molar-refractivity contribution in [3.63, 3.8) is 0 Å². The molecular formula is C29H35N3O5. The zero-order valence-electron chi connectivity index (χ0n) is 21.6. The first-order valence-electron chi connectivity index (χ1n) is 13.2. The molecule has 0 spiro atoms. The average Bonchev–Trinajstić information content (AvgIpc) is 3.21. The lowest BCUT2D eigenvalue weighted by molar-refractivity contribution is -0.134. The molecule has 8 nitrogen and oxygen atoms in total. The van der Waals surface area contributed by atoms with Crippen LogP contribution in [-0.4, -0.2) is 58.9 Å². The summed E-state index contributed by atoms with van der Waals surface area (Å²) in [6, 6.07) is 14.0. The monoisotopic (exact) mass is 505 g/mol. The molecule has 2 saturated heterocycles. The molecule has 3 atom stereocenters. The lowest BCUT2D eigenvalue weighted by Crippen LogP contribution is -2.49. The van der Waals surface area contributed by atoms with Gasteiger partial charge in [0.1, 0.15) is 18.4 Å². The summed E-state index contributed by atoms with van der Waals surface area (Å²) in [6.45, 7) is 7.50. The number of rotatable bonds is 6. The molecule has 196 valence electrons. The smallest absolute Gasteiger partial charge is 0.255 e. The van der Waals surface area contributed by atoms with Crippen molar-refractivity contribution in [1.82, 2.24) is 15.1 Å². The van der Waals surface area contributed by atoms with Crippen LogP contribution in [0.3, 0.4) is 0 Å². The molecule has 0 bridgehead atoms.